The van der Waals surface area contributed by atoms with Crippen LogP contribution >= 0.6 is 34.8 Å². The summed E-state index contributed by atoms with van der Waals surface area (Å²) in [5.74, 6) is -0.127. The van der Waals surface area contributed by atoms with Gasteiger partial charge in [0.15, 0.2) is 0 Å². The van der Waals surface area contributed by atoms with Crippen LogP contribution in [-0.4, -0.2) is 15.9 Å². The van der Waals surface area contributed by atoms with Crippen molar-refractivity contribution < 1.29 is 4.79 Å². The predicted octanol–water partition coefficient (Wildman–Crippen LogP) is 4.49. The van der Waals surface area contributed by atoms with Gasteiger partial charge >= 0.3 is 0 Å². The predicted molar refractivity (Wildman–Crippen MR) is 86.4 cm³/mol. The van der Waals surface area contributed by atoms with Gasteiger partial charge in [0.25, 0.3) is 0 Å². The maximum absolute atomic E-state index is 11.8. The highest BCUT2D eigenvalue weighted by molar-refractivity contribution is 6.68. The summed E-state index contributed by atoms with van der Waals surface area (Å²) in [6.07, 6.45) is 2.56. The SMILES string of the molecule is CCCCCC(=O)N[C@@H](Nc1ccccc1)C(Cl)(Cl)Cl. The van der Waals surface area contributed by atoms with Gasteiger partial charge in [0.1, 0.15) is 6.17 Å². The maximum Gasteiger partial charge on any atom is 0.228 e. The summed E-state index contributed by atoms with van der Waals surface area (Å²) in [5.41, 5.74) is 0.776. The lowest BCUT2D eigenvalue weighted by Gasteiger charge is -2.27. The first-order valence-corrected chi connectivity index (χ1v) is 7.74. The Hall–Kier alpha value is -0.640. The molecule has 0 bridgehead atoms. The van der Waals surface area contributed by atoms with Crippen molar-refractivity contribution >= 4 is 46.4 Å². The van der Waals surface area contributed by atoms with Crippen molar-refractivity contribution in [3.63, 3.8) is 0 Å². The van der Waals surface area contributed by atoms with Gasteiger partial charge in [0, 0.05) is 12.1 Å². The Kier molecular flexibility index (Phi) is 7.49. The molecule has 0 unspecified atom stereocenters. The van der Waals surface area contributed by atoms with Crippen molar-refractivity contribution in [1.29, 1.82) is 0 Å². The smallest absolute Gasteiger partial charge is 0.228 e. The van der Waals surface area contributed by atoms with Gasteiger partial charge in [-0.1, -0.05) is 72.8 Å². The van der Waals surface area contributed by atoms with E-state index in [1.165, 1.54) is 0 Å². The van der Waals surface area contributed by atoms with E-state index in [-0.39, 0.29) is 5.91 Å². The zero-order valence-corrected chi connectivity index (χ0v) is 13.6. The monoisotopic (exact) mass is 336 g/mol. The van der Waals surface area contributed by atoms with E-state index in [4.69, 9.17) is 34.8 Å². The number of alkyl halides is 3. The van der Waals surface area contributed by atoms with E-state index in [2.05, 4.69) is 17.6 Å². The molecule has 20 heavy (non-hydrogen) atoms. The van der Waals surface area contributed by atoms with Crippen molar-refractivity contribution in [1.82, 2.24) is 5.32 Å². The molecule has 6 heteroatoms. The molecule has 1 amide bonds. The lowest BCUT2D eigenvalue weighted by Crippen LogP contribution is -2.49. The van der Waals surface area contributed by atoms with Crippen LogP contribution in [0.15, 0.2) is 30.3 Å². The Morgan fingerprint density at radius 2 is 1.85 bits per heavy atom. The zero-order chi connectivity index (χ0) is 15.0. The number of rotatable bonds is 7. The minimum Gasteiger partial charge on any atom is -0.362 e. The van der Waals surface area contributed by atoms with Crippen LogP contribution in [0.3, 0.4) is 0 Å². The summed E-state index contributed by atoms with van der Waals surface area (Å²) in [6, 6.07) is 9.29. The molecule has 0 spiro atoms. The van der Waals surface area contributed by atoms with Crippen LogP contribution in [0.4, 0.5) is 5.69 Å². The van der Waals surface area contributed by atoms with Gasteiger partial charge in [0.05, 0.1) is 0 Å². The second-order valence-corrected chi connectivity index (χ2v) is 6.88. The number of carbonyl (C=O) groups excluding carboxylic acids is 1. The van der Waals surface area contributed by atoms with Crippen molar-refractivity contribution in [2.45, 2.75) is 42.6 Å². The fourth-order valence-corrected chi connectivity index (χ4v) is 2.00. The van der Waals surface area contributed by atoms with Crippen LogP contribution in [0.5, 0.6) is 0 Å². The number of para-hydroxylation sites is 1. The molecular formula is C14H19Cl3N2O. The van der Waals surface area contributed by atoms with Crippen LogP contribution < -0.4 is 10.6 Å². The highest BCUT2D eigenvalue weighted by Gasteiger charge is 2.33. The third-order valence-electron chi connectivity index (χ3n) is 2.72. The standard InChI is InChI=1S/C14H19Cl3N2O/c1-2-3-5-10-12(20)19-13(14(15,16)17)18-11-8-6-4-7-9-11/h4,6-9,13,18H,2-3,5,10H2,1H3,(H,19,20)/t13-/m1/s1. The summed E-state index contributed by atoms with van der Waals surface area (Å²) < 4.78 is -1.63. The van der Waals surface area contributed by atoms with Crippen LogP contribution in [-0.2, 0) is 4.79 Å². The van der Waals surface area contributed by atoms with Crippen molar-refractivity contribution in [3.05, 3.63) is 30.3 Å². The van der Waals surface area contributed by atoms with E-state index in [0.717, 1.165) is 24.9 Å². The average molecular weight is 338 g/mol. The van der Waals surface area contributed by atoms with Gasteiger partial charge in [-0.15, -0.1) is 0 Å². The average Bonchev–Trinajstić information content (AvgIpc) is 2.38. The number of benzene rings is 1. The minimum absolute atomic E-state index is 0.127. The van der Waals surface area contributed by atoms with Gasteiger partial charge < -0.3 is 10.6 Å². The third-order valence-corrected chi connectivity index (χ3v) is 3.38. The molecule has 0 radical (unpaired) electrons. The largest absolute Gasteiger partial charge is 0.362 e. The van der Waals surface area contributed by atoms with E-state index < -0.39 is 9.96 Å². The first-order valence-electron chi connectivity index (χ1n) is 6.61. The molecule has 0 aliphatic rings. The van der Waals surface area contributed by atoms with E-state index in [1.807, 2.05) is 30.3 Å². The minimum atomic E-state index is -1.63. The second-order valence-electron chi connectivity index (χ2n) is 4.51. The number of unbranched alkanes of at least 4 members (excludes halogenated alkanes) is 2. The second kappa shape index (κ2) is 8.60. The van der Waals surface area contributed by atoms with E-state index >= 15 is 0 Å². The fourth-order valence-electron chi connectivity index (χ4n) is 1.67. The summed E-state index contributed by atoms with van der Waals surface area (Å²) in [7, 11) is 0. The van der Waals surface area contributed by atoms with Crippen molar-refractivity contribution in [2.75, 3.05) is 5.32 Å². The fraction of sp³-hybridized carbons (Fsp3) is 0.500. The molecular weight excluding hydrogens is 319 g/mol. The third kappa shape index (κ3) is 6.69. The number of halogens is 3. The zero-order valence-electron chi connectivity index (χ0n) is 11.3. The van der Waals surface area contributed by atoms with Gasteiger partial charge in [-0.3, -0.25) is 4.79 Å². The van der Waals surface area contributed by atoms with Crippen LogP contribution in [0.1, 0.15) is 32.6 Å². The van der Waals surface area contributed by atoms with Crippen LogP contribution in [0.25, 0.3) is 0 Å². The summed E-state index contributed by atoms with van der Waals surface area (Å²) in [4.78, 5) is 11.8. The number of carbonyl (C=O) groups is 1. The molecule has 1 aromatic carbocycles. The molecule has 0 saturated heterocycles. The Morgan fingerprint density at radius 1 is 1.20 bits per heavy atom. The first kappa shape index (κ1) is 17.4. The van der Waals surface area contributed by atoms with Gasteiger partial charge in [-0.25, -0.2) is 0 Å². The molecule has 1 atom stereocenters. The number of anilines is 1. The normalized spacial score (nSPS) is 12.8. The molecule has 0 aliphatic carbocycles. The lowest BCUT2D eigenvalue weighted by atomic mass is 10.2. The molecule has 1 aromatic rings. The van der Waals surface area contributed by atoms with Crippen LogP contribution in [0.2, 0.25) is 0 Å². The van der Waals surface area contributed by atoms with E-state index in [0.29, 0.717) is 6.42 Å². The van der Waals surface area contributed by atoms with E-state index in [1.54, 1.807) is 0 Å². The molecule has 112 valence electrons. The lowest BCUT2D eigenvalue weighted by molar-refractivity contribution is -0.121. The molecule has 0 aromatic heterocycles. The molecule has 0 saturated carbocycles. The van der Waals surface area contributed by atoms with E-state index in [9.17, 15) is 4.79 Å². The van der Waals surface area contributed by atoms with Gasteiger partial charge in [0.2, 0.25) is 9.70 Å². The number of hydrogen-bond acceptors (Lipinski definition) is 2. The number of nitrogens with one attached hydrogen (secondary N) is 2. The quantitative estimate of drug-likeness (QED) is 0.437. The molecule has 1 rings (SSSR count). The topological polar surface area (TPSA) is 41.1 Å². The molecule has 0 heterocycles. The Bertz CT molecular complexity index is 407. The highest BCUT2D eigenvalue weighted by atomic mass is 35.6. The van der Waals surface area contributed by atoms with Crippen molar-refractivity contribution in [2.24, 2.45) is 0 Å². The summed E-state index contributed by atoms with van der Waals surface area (Å²) >= 11 is 17.7. The molecule has 0 fully saturated rings. The van der Waals surface area contributed by atoms with Gasteiger partial charge in [-0.2, -0.15) is 0 Å². The summed E-state index contributed by atoms with van der Waals surface area (Å²) in [5, 5.41) is 5.73. The number of amides is 1. The van der Waals surface area contributed by atoms with Crippen LogP contribution in [0, 0.1) is 0 Å². The van der Waals surface area contributed by atoms with Crippen molar-refractivity contribution in [3.8, 4) is 0 Å². The Balaban J connectivity index is 2.59. The maximum atomic E-state index is 11.8. The van der Waals surface area contributed by atoms with Gasteiger partial charge in [-0.05, 0) is 18.6 Å². The molecule has 3 nitrogen and oxygen atoms in total. The molecule has 0 aliphatic heterocycles. The molecule has 2 N–H and O–H groups in total. The number of hydrogen-bond donors (Lipinski definition) is 2. The Labute approximate surface area is 135 Å². The summed E-state index contributed by atoms with van der Waals surface area (Å²) in [6.45, 7) is 2.08. The highest BCUT2D eigenvalue weighted by Crippen LogP contribution is 2.31. The first-order chi connectivity index (χ1) is 9.43. The Morgan fingerprint density at radius 3 is 2.40 bits per heavy atom.